The Labute approximate surface area is 197 Å². The number of benzene rings is 2. The van der Waals surface area contributed by atoms with Gasteiger partial charge in [-0.1, -0.05) is 0 Å². The first-order valence-electron chi connectivity index (χ1n) is 10.9. The van der Waals surface area contributed by atoms with E-state index in [9.17, 15) is 27.2 Å². The number of aliphatic imine (C=N–C) groups is 1. The number of H-pyrrole nitrogens is 1. The zero-order valence-corrected chi connectivity index (χ0v) is 18.8. The van der Waals surface area contributed by atoms with E-state index in [1.807, 2.05) is 6.07 Å². The molecule has 3 heterocycles. The third-order valence-corrected chi connectivity index (χ3v) is 6.27. The van der Waals surface area contributed by atoms with Crippen LogP contribution in [0.5, 0.6) is 0 Å². The average molecular weight is 484 g/mol. The Morgan fingerprint density at radius 2 is 1.80 bits per heavy atom. The molecule has 0 bridgehead atoms. The summed E-state index contributed by atoms with van der Waals surface area (Å²) >= 11 is 0. The van der Waals surface area contributed by atoms with Gasteiger partial charge in [0.1, 0.15) is 0 Å². The Kier molecular flexibility index (Phi) is 5.46. The standard InChI is InChI=1S/C25H20F4N4O2/c1-11(5-15-22(28)16(26)9-17(27)23(15)29)31-18-3-4-30-24(34)21(18)20-7-12-6-14-13(8-19(12)32-20)10-33(2)25(14)35/h3-4,6,8-9,11H,5,7,10H2,1-2H3,(H2,30,31,34). The van der Waals surface area contributed by atoms with Gasteiger partial charge in [-0.3, -0.25) is 14.6 Å². The second-order valence-corrected chi connectivity index (χ2v) is 8.83. The van der Waals surface area contributed by atoms with Crippen molar-refractivity contribution in [3.8, 4) is 0 Å². The van der Waals surface area contributed by atoms with Crippen LogP contribution in [0.2, 0.25) is 0 Å². The second kappa shape index (κ2) is 8.37. The fourth-order valence-corrected chi connectivity index (χ4v) is 4.60. The zero-order valence-electron chi connectivity index (χ0n) is 18.8. The fraction of sp³-hybridized carbons (Fsp3) is 0.240. The summed E-state index contributed by atoms with van der Waals surface area (Å²) in [7, 11) is 1.72. The first kappa shape index (κ1) is 22.8. The number of nitrogens with one attached hydrogen (secondary N) is 2. The Morgan fingerprint density at radius 1 is 1.09 bits per heavy atom. The summed E-state index contributed by atoms with van der Waals surface area (Å²) in [5.41, 5.74) is 2.88. The lowest BCUT2D eigenvalue weighted by atomic mass is 9.99. The Hall–Kier alpha value is -3.95. The molecule has 1 atom stereocenters. The molecule has 0 saturated carbocycles. The number of halogens is 4. The molecule has 1 aromatic heterocycles. The van der Waals surface area contributed by atoms with Crippen LogP contribution in [-0.4, -0.2) is 34.6 Å². The molecule has 0 aliphatic carbocycles. The first-order chi connectivity index (χ1) is 16.6. The zero-order chi connectivity index (χ0) is 25.0. The molecule has 3 aromatic rings. The van der Waals surface area contributed by atoms with Crippen molar-refractivity contribution in [2.45, 2.75) is 32.4 Å². The summed E-state index contributed by atoms with van der Waals surface area (Å²) in [6, 6.07) is 4.69. The number of hydrogen-bond acceptors (Lipinski definition) is 4. The lowest BCUT2D eigenvalue weighted by molar-refractivity contribution is 0.0816. The molecule has 2 aromatic carbocycles. The van der Waals surface area contributed by atoms with Crippen molar-refractivity contribution in [2.75, 3.05) is 12.4 Å². The summed E-state index contributed by atoms with van der Waals surface area (Å²) in [4.78, 5) is 33.9. The fourth-order valence-electron chi connectivity index (χ4n) is 4.60. The molecule has 1 amide bonds. The van der Waals surface area contributed by atoms with Crippen molar-refractivity contribution in [3.63, 3.8) is 0 Å². The number of carbonyl (C=O) groups is 1. The summed E-state index contributed by atoms with van der Waals surface area (Å²) in [5.74, 6) is -5.92. The van der Waals surface area contributed by atoms with Gasteiger partial charge in [-0.25, -0.2) is 17.6 Å². The number of anilines is 1. The third kappa shape index (κ3) is 3.88. The summed E-state index contributed by atoms with van der Waals surface area (Å²) in [6.45, 7) is 2.06. The Bertz CT molecular complexity index is 1460. The maximum Gasteiger partial charge on any atom is 0.259 e. The predicted molar refractivity (Wildman–Crippen MR) is 122 cm³/mol. The van der Waals surface area contributed by atoms with Crippen LogP contribution in [0.25, 0.3) is 0 Å². The lowest BCUT2D eigenvalue weighted by Gasteiger charge is -2.18. The van der Waals surface area contributed by atoms with E-state index in [-0.39, 0.29) is 24.0 Å². The van der Waals surface area contributed by atoms with Gasteiger partial charge in [-0.15, -0.1) is 0 Å². The molecule has 0 radical (unpaired) electrons. The van der Waals surface area contributed by atoms with Crippen LogP contribution in [0, 0.1) is 23.3 Å². The van der Waals surface area contributed by atoms with Gasteiger partial charge in [0.25, 0.3) is 11.5 Å². The minimum atomic E-state index is -1.47. The number of pyridine rings is 1. The van der Waals surface area contributed by atoms with Crippen LogP contribution in [-0.2, 0) is 19.4 Å². The number of aromatic amines is 1. The maximum atomic E-state index is 14.1. The summed E-state index contributed by atoms with van der Waals surface area (Å²) < 4.78 is 55.4. The molecule has 2 aliphatic rings. The van der Waals surface area contributed by atoms with Crippen LogP contribution in [0.15, 0.2) is 40.2 Å². The first-order valence-corrected chi connectivity index (χ1v) is 10.9. The number of fused-ring (bicyclic) bond motifs is 2. The van der Waals surface area contributed by atoms with Crippen LogP contribution in [0.4, 0.5) is 28.9 Å². The molecular formula is C25H20F4N4O2. The van der Waals surface area contributed by atoms with E-state index in [0.717, 1.165) is 11.1 Å². The van der Waals surface area contributed by atoms with Gasteiger partial charge in [0.15, 0.2) is 23.3 Å². The number of nitrogens with zero attached hydrogens (tertiary/aromatic N) is 2. The van der Waals surface area contributed by atoms with Gasteiger partial charge in [0.2, 0.25) is 0 Å². The summed E-state index contributed by atoms with van der Waals surface area (Å²) in [6.07, 6.45) is 1.36. The minimum Gasteiger partial charge on any atom is -0.382 e. The van der Waals surface area contributed by atoms with E-state index in [4.69, 9.17) is 0 Å². The van der Waals surface area contributed by atoms with Crippen LogP contribution in [0.1, 0.15) is 39.5 Å². The van der Waals surface area contributed by atoms with Crippen molar-refractivity contribution in [1.29, 1.82) is 0 Å². The molecule has 180 valence electrons. The highest BCUT2D eigenvalue weighted by Gasteiger charge is 2.29. The highest BCUT2D eigenvalue weighted by molar-refractivity contribution is 6.10. The van der Waals surface area contributed by atoms with Crippen molar-refractivity contribution in [2.24, 2.45) is 4.99 Å². The minimum absolute atomic E-state index is 0.0711. The molecular weight excluding hydrogens is 464 g/mol. The smallest absolute Gasteiger partial charge is 0.259 e. The van der Waals surface area contributed by atoms with E-state index in [1.165, 1.54) is 6.20 Å². The molecule has 2 N–H and O–H groups in total. The maximum absolute atomic E-state index is 14.1. The third-order valence-electron chi connectivity index (χ3n) is 6.27. The second-order valence-electron chi connectivity index (χ2n) is 8.83. The van der Waals surface area contributed by atoms with Crippen molar-refractivity contribution >= 4 is 23.0 Å². The average Bonchev–Trinajstić information content (AvgIpc) is 3.33. The van der Waals surface area contributed by atoms with Crippen molar-refractivity contribution in [1.82, 2.24) is 9.88 Å². The number of amides is 1. The van der Waals surface area contributed by atoms with Crippen LogP contribution in [0.3, 0.4) is 0 Å². The number of rotatable bonds is 5. The number of carbonyl (C=O) groups excluding carboxylic acids is 1. The molecule has 6 nitrogen and oxygen atoms in total. The highest BCUT2D eigenvalue weighted by atomic mass is 19.2. The van der Waals surface area contributed by atoms with Gasteiger partial charge in [0.05, 0.1) is 22.6 Å². The molecule has 2 aliphatic heterocycles. The lowest BCUT2D eigenvalue weighted by Crippen LogP contribution is -2.26. The number of hydrogen-bond donors (Lipinski definition) is 2. The van der Waals surface area contributed by atoms with Gasteiger partial charge in [-0.05, 0) is 42.7 Å². The van der Waals surface area contributed by atoms with Crippen molar-refractivity contribution in [3.05, 3.63) is 91.9 Å². The molecule has 10 heteroatoms. The van der Waals surface area contributed by atoms with Crippen LogP contribution < -0.4 is 10.9 Å². The Balaban J connectivity index is 1.44. The van der Waals surface area contributed by atoms with Gasteiger partial charge < -0.3 is 15.2 Å². The van der Waals surface area contributed by atoms with E-state index in [1.54, 1.807) is 31.0 Å². The van der Waals surface area contributed by atoms with E-state index in [2.05, 4.69) is 15.3 Å². The molecule has 0 fully saturated rings. The number of aromatic nitrogens is 1. The predicted octanol–water partition coefficient (Wildman–Crippen LogP) is 4.24. The highest BCUT2D eigenvalue weighted by Crippen LogP contribution is 2.35. The molecule has 0 spiro atoms. The topological polar surface area (TPSA) is 77.6 Å². The SMILES string of the molecule is CC(Cc1c(F)c(F)cc(F)c1F)Nc1cc[nH]c(=O)c1C1=Nc2cc3c(cc2C1)C(=O)N(C)C3. The molecule has 35 heavy (non-hydrogen) atoms. The largest absolute Gasteiger partial charge is 0.382 e. The molecule has 0 saturated heterocycles. The van der Waals surface area contributed by atoms with Gasteiger partial charge in [-0.2, -0.15) is 0 Å². The molecule has 1 unspecified atom stereocenters. The molecule has 5 rings (SSSR count). The normalized spacial score (nSPS) is 15.2. The van der Waals surface area contributed by atoms with Gasteiger partial charge >= 0.3 is 0 Å². The van der Waals surface area contributed by atoms with Crippen LogP contribution >= 0.6 is 0 Å². The van der Waals surface area contributed by atoms with E-state index < -0.39 is 40.4 Å². The van der Waals surface area contributed by atoms with Gasteiger partial charge in [0, 0.05) is 49.4 Å². The van der Waals surface area contributed by atoms with Crippen molar-refractivity contribution < 1.29 is 22.4 Å². The quantitative estimate of drug-likeness (QED) is 0.420. The monoisotopic (exact) mass is 484 g/mol. The van der Waals surface area contributed by atoms with E-state index >= 15 is 0 Å². The Morgan fingerprint density at radius 3 is 2.51 bits per heavy atom. The summed E-state index contributed by atoms with van der Waals surface area (Å²) in [5, 5.41) is 3.01. The van der Waals surface area contributed by atoms with E-state index in [0.29, 0.717) is 35.6 Å².